The van der Waals surface area contributed by atoms with Gasteiger partial charge < -0.3 is 4.74 Å². The molecule has 0 N–H and O–H groups in total. The topological polar surface area (TPSA) is 29.5 Å². The fourth-order valence-corrected chi connectivity index (χ4v) is 2.59. The molecule has 1 aromatic carbocycles. The van der Waals surface area contributed by atoms with E-state index in [1.165, 1.54) is 0 Å². The highest BCUT2D eigenvalue weighted by atomic mass is 16.5. The van der Waals surface area contributed by atoms with Crippen LogP contribution in [0, 0.1) is 0 Å². The number of benzene rings is 1. The van der Waals surface area contributed by atoms with Crippen LogP contribution in [0.25, 0.3) is 0 Å². The fraction of sp³-hybridized carbons (Fsp3) is 0.611. The highest BCUT2D eigenvalue weighted by Crippen LogP contribution is 2.25. The summed E-state index contributed by atoms with van der Waals surface area (Å²) in [5, 5.41) is 0. The summed E-state index contributed by atoms with van der Waals surface area (Å²) >= 11 is 0. The lowest BCUT2D eigenvalue weighted by atomic mass is 9.94. The average molecular weight is 291 g/mol. The number of methoxy groups -OCH3 is 1. The molecule has 0 aromatic heterocycles. The van der Waals surface area contributed by atoms with Gasteiger partial charge in [-0.3, -0.25) is 9.69 Å². The van der Waals surface area contributed by atoms with Gasteiger partial charge in [0.05, 0.1) is 13.7 Å². The molecule has 3 nitrogen and oxygen atoms in total. The fourth-order valence-electron chi connectivity index (χ4n) is 2.59. The van der Waals surface area contributed by atoms with Crippen molar-refractivity contribution in [3.05, 3.63) is 29.3 Å². The molecule has 3 heteroatoms. The zero-order chi connectivity index (χ0) is 15.8. The van der Waals surface area contributed by atoms with E-state index < -0.39 is 0 Å². The third-order valence-corrected chi connectivity index (χ3v) is 3.63. The van der Waals surface area contributed by atoms with Crippen LogP contribution in [0.15, 0.2) is 18.2 Å². The van der Waals surface area contributed by atoms with Gasteiger partial charge in [0.2, 0.25) is 0 Å². The quantitative estimate of drug-likeness (QED) is 0.641. The van der Waals surface area contributed by atoms with Crippen molar-refractivity contribution in [1.29, 1.82) is 0 Å². The highest BCUT2D eigenvalue weighted by molar-refractivity contribution is 5.99. The summed E-state index contributed by atoms with van der Waals surface area (Å²) in [4.78, 5) is 14.9. The van der Waals surface area contributed by atoms with Crippen LogP contribution in [-0.4, -0.2) is 37.4 Å². The van der Waals surface area contributed by atoms with E-state index in [4.69, 9.17) is 4.74 Å². The number of nitrogens with zero attached hydrogens (tertiary/aromatic N) is 1. The van der Waals surface area contributed by atoms with Crippen molar-refractivity contribution >= 4 is 5.78 Å². The second kappa shape index (κ2) is 8.83. The van der Waals surface area contributed by atoms with E-state index in [2.05, 4.69) is 32.6 Å². The Kier molecular flexibility index (Phi) is 7.44. The number of ketones is 1. The van der Waals surface area contributed by atoms with Crippen LogP contribution < -0.4 is 4.74 Å². The zero-order valence-electron chi connectivity index (χ0n) is 14.1. The summed E-state index contributed by atoms with van der Waals surface area (Å²) in [6.45, 7) is 11.0. The number of carbonyl (C=O) groups is 1. The molecule has 0 aliphatic rings. The molecule has 0 unspecified atom stereocenters. The van der Waals surface area contributed by atoms with Gasteiger partial charge in [0.25, 0.3) is 0 Å². The Balaban J connectivity index is 2.95. The molecule has 21 heavy (non-hydrogen) atoms. The molecule has 0 amide bonds. The molecule has 0 aliphatic carbocycles. The number of hydrogen-bond acceptors (Lipinski definition) is 3. The van der Waals surface area contributed by atoms with Crippen LogP contribution in [0.2, 0.25) is 0 Å². The Morgan fingerprint density at radius 1 is 1.19 bits per heavy atom. The third-order valence-electron chi connectivity index (χ3n) is 3.63. The second-order valence-corrected chi connectivity index (χ2v) is 5.81. The number of Topliss-reactive ketones (excluding diaryl/α,β-unsaturated/α-hetero) is 1. The maximum Gasteiger partial charge on any atom is 0.177 e. The van der Waals surface area contributed by atoms with E-state index in [1.54, 1.807) is 7.11 Å². The predicted octanol–water partition coefficient (Wildman–Crippen LogP) is 4.12. The molecule has 118 valence electrons. The molecule has 0 bridgehead atoms. The van der Waals surface area contributed by atoms with Gasteiger partial charge in [-0.2, -0.15) is 0 Å². The summed E-state index contributed by atoms with van der Waals surface area (Å²) in [6.07, 6.45) is 2.15. The highest BCUT2D eigenvalue weighted by Gasteiger charge is 2.17. The van der Waals surface area contributed by atoms with Crippen LogP contribution in [0.3, 0.4) is 0 Å². The molecule has 0 saturated heterocycles. The van der Waals surface area contributed by atoms with Crippen molar-refractivity contribution in [3.8, 4) is 5.75 Å². The van der Waals surface area contributed by atoms with Gasteiger partial charge in [-0.05, 0) is 55.6 Å². The minimum atomic E-state index is 0.211. The lowest BCUT2D eigenvalue weighted by molar-refractivity contribution is 0.0929. The average Bonchev–Trinajstić information content (AvgIpc) is 2.46. The first-order valence-electron chi connectivity index (χ1n) is 7.96. The van der Waals surface area contributed by atoms with Crippen molar-refractivity contribution in [2.24, 2.45) is 0 Å². The smallest absolute Gasteiger partial charge is 0.177 e. The van der Waals surface area contributed by atoms with Crippen molar-refractivity contribution in [1.82, 2.24) is 4.90 Å². The van der Waals surface area contributed by atoms with E-state index >= 15 is 0 Å². The number of ether oxygens (including phenoxy) is 1. The first kappa shape index (κ1) is 17.7. The van der Waals surface area contributed by atoms with Crippen molar-refractivity contribution < 1.29 is 9.53 Å². The Morgan fingerprint density at radius 2 is 1.81 bits per heavy atom. The van der Waals surface area contributed by atoms with Crippen LogP contribution in [0.1, 0.15) is 62.4 Å². The first-order valence-corrected chi connectivity index (χ1v) is 7.96. The number of carbonyl (C=O) groups excluding carboxylic acids is 1. The first-order chi connectivity index (χ1) is 10.0. The summed E-state index contributed by atoms with van der Waals surface area (Å²) in [5.74, 6) is 1.34. The summed E-state index contributed by atoms with van der Waals surface area (Å²) < 4.78 is 5.28. The molecule has 0 aliphatic heterocycles. The van der Waals surface area contributed by atoms with Gasteiger partial charge in [-0.15, -0.1) is 0 Å². The van der Waals surface area contributed by atoms with Gasteiger partial charge in [-0.25, -0.2) is 0 Å². The molecule has 0 heterocycles. The zero-order valence-corrected chi connectivity index (χ0v) is 14.1. The standard InChI is InChI=1S/C18H29NO2/c1-6-10-19(11-7-2)13-18(20)16-9-8-15(21-5)12-17(16)14(3)4/h8-9,12,14H,6-7,10-11,13H2,1-5H3. The molecule has 0 radical (unpaired) electrons. The van der Waals surface area contributed by atoms with Gasteiger partial charge in [0.1, 0.15) is 5.75 Å². The van der Waals surface area contributed by atoms with Crippen LogP contribution in [-0.2, 0) is 0 Å². The lowest BCUT2D eigenvalue weighted by Gasteiger charge is -2.21. The van der Waals surface area contributed by atoms with E-state index in [0.717, 1.165) is 42.8 Å². The summed E-state index contributed by atoms with van der Waals surface area (Å²) in [6, 6.07) is 5.78. The van der Waals surface area contributed by atoms with E-state index in [1.807, 2.05) is 18.2 Å². The maximum absolute atomic E-state index is 12.6. The van der Waals surface area contributed by atoms with Crippen LogP contribution in [0.5, 0.6) is 5.75 Å². The molecule has 0 fully saturated rings. The summed E-state index contributed by atoms with van der Waals surface area (Å²) in [5.41, 5.74) is 1.91. The van der Waals surface area contributed by atoms with Gasteiger partial charge in [0, 0.05) is 5.56 Å². The Hall–Kier alpha value is -1.35. The van der Waals surface area contributed by atoms with E-state index in [0.29, 0.717) is 12.5 Å². The van der Waals surface area contributed by atoms with Crippen molar-refractivity contribution in [2.75, 3.05) is 26.7 Å². The number of hydrogen-bond donors (Lipinski definition) is 0. The molecule has 1 rings (SSSR count). The normalized spacial score (nSPS) is 11.2. The van der Waals surface area contributed by atoms with Gasteiger partial charge in [-0.1, -0.05) is 27.7 Å². The SMILES string of the molecule is CCCN(CCC)CC(=O)c1ccc(OC)cc1C(C)C. The molecule has 0 spiro atoms. The van der Waals surface area contributed by atoms with Gasteiger partial charge in [0.15, 0.2) is 5.78 Å². The Labute approximate surface area is 129 Å². The molecular weight excluding hydrogens is 262 g/mol. The van der Waals surface area contributed by atoms with Crippen LogP contribution in [0.4, 0.5) is 0 Å². The van der Waals surface area contributed by atoms with E-state index in [9.17, 15) is 4.79 Å². The second-order valence-electron chi connectivity index (χ2n) is 5.81. The van der Waals surface area contributed by atoms with E-state index in [-0.39, 0.29) is 5.78 Å². The number of rotatable bonds is 9. The lowest BCUT2D eigenvalue weighted by Crippen LogP contribution is -2.31. The molecular formula is C18H29NO2. The summed E-state index contributed by atoms with van der Waals surface area (Å²) in [7, 11) is 1.66. The van der Waals surface area contributed by atoms with Gasteiger partial charge >= 0.3 is 0 Å². The minimum Gasteiger partial charge on any atom is -0.497 e. The Morgan fingerprint density at radius 3 is 2.29 bits per heavy atom. The third kappa shape index (κ3) is 5.16. The minimum absolute atomic E-state index is 0.211. The monoisotopic (exact) mass is 291 g/mol. The Bertz CT molecular complexity index is 449. The molecule has 1 aromatic rings. The molecule has 0 atom stereocenters. The largest absolute Gasteiger partial charge is 0.497 e. The van der Waals surface area contributed by atoms with Crippen molar-refractivity contribution in [3.63, 3.8) is 0 Å². The maximum atomic E-state index is 12.6. The predicted molar refractivity (Wildman–Crippen MR) is 88.4 cm³/mol. The van der Waals surface area contributed by atoms with Crippen LogP contribution >= 0.6 is 0 Å². The van der Waals surface area contributed by atoms with Crippen molar-refractivity contribution in [2.45, 2.75) is 46.5 Å². The molecule has 0 saturated carbocycles.